The standard InChI is InChI=1S/C19H20O9/c20-6-11-15(23)17(25)18(26)19(28-11)12-8(21)5-10-13(16(12)24)14(22)7-3-1-2-4-9(7)27-10/h1-5,10-11,13,15,17-21,23-26H,6H2/t10-,11+,13+,15-,17-,18-,19+/m1/s1. The third kappa shape index (κ3) is 2.71. The van der Waals surface area contributed by atoms with Crippen LogP contribution < -0.4 is 4.74 Å². The smallest absolute Gasteiger partial charge is 0.181 e. The molecular weight excluding hydrogens is 372 g/mol. The van der Waals surface area contributed by atoms with Gasteiger partial charge in [0.25, 0.3) is 0 Å². The van der Waals surface area contributed by atoms with E-state index in [-0.39, 0.29) is 11.1 Å². The first-order valence-electron chi connectivity index (χ1n) is 8.79. The first-order chi connectivity index (χ1) is 13.3. The number of ketones is 1. The largest absolute Gasteiger partial charge is 0.511 e. The molecule has 1 saturated heterocycles. The van der Waals surface area contributed by atoms with Crippen LogP contribution in [0.15, 0.2) is 47.4 Å². The molecule has 6 N–H and O–H groups in total. The molecule has 3 aliphatic rings. The number of hydrogen-bond acceptors (Lipinski definition) is 9. The van der Waals surface area contributed by atoms with Gasteiger partial charge in [-0.3, -0.25) is 4.79 Å². The van der Waals surface area contributed by atoms with E-state index >= 15 is 0 Å². The van der Waals surface area contributed by atoms with E-state index < -0.39 is 66.5 Å². The van der Waals surface area contributed by atoms with E-state index in [1.165, 1.54) is 6.08 Å². The molecule has 0 spiro atoms. The summed E-state index contributed by atoms with van der Waals surface area (Å²) in [6.45, 7) is -0.665. The van der Waals surface area contributed by atoms with Crippen molar-refractivity contribution < 1.29 is 44.9 Å². The number of rotatable bonds is 2. The molecule has 9 nitrogen and oxygen atoms in total. The number of Topliss-reactive ketones (excluding diaryl/α,β-unsaturated/α-hetero) is 1. The number of carbonyl (C=O) groups excluding carboxylic acids is 1. The van der Waals surface area contributed by atoms with Gasteiger partial charge in [0.05, 0.1) is 17.7 Å². The monoisotopic (exact) mass is 392 g/mol. The zero-order valence-corrected chi connectivity index (χ0v) is 14.5. The summed E-state index contributed by atoms with van der Waals surface area (Å²) in [7, 11) is 0. The second kappa shape index (κ2) is 6.87. The van der Waals surface area contributed by atoms with E-state index in [2.05, 4.69) is 0 Å². The quantitative estimate of drug-likeness (QED) is 0.385. The van der Waals surface area contributed by atoms with Gasteiger partial charge in [0.2, 0.25) is 0 Å². The maximum Gasteiger partial charge on any atom is 0.181 e. The Morgan fingerprint density at radius 2 is 1.71 bits per heavy atom. The molecule has 0 saturated carbocycles. The summed E-state index contributed by atoms with van der Waals surface area (Å²) in [5, 5.41) is 60.8. The number of aliphatic hydroxyl groups excluding tert-OH is 6. The molecule has 9 heteroatoms. The molecule has 1 aliphatic carbocycles. The second-order valence-electron chi connectivity index (χ2n) is 7.02. The van der Waals surface area contributed by atoms with Gasteiger partial charge in [-0.15, -0.1) is 0 Å². The Hall–Kier alpha value is -2.43. The highest BCUT2D eigenvalue weighted by Crippen LogP contribution is 2.41. The van der Waals surface area contributed by atoms with Crippen LogP contribution in [0, 0.1) is 5.92 Å². The van der Waals surface area contributed by atoms with Gasteiger partial charge in [0, 0.05) is 0 Å². The summed E-state index contributed by atoms with van der Waals surface area (Å²) in [4.78, 5) is 12.9. The number of para-hydroxylation sites is 1. The van der Waals surface area contributed by atoms with E-state index in [9.17, 15) is 35.4 Å². The molecule has 1 aromatic rings. The summed E-state index contributed by atoms with van der Waals surface area (Å²) in [5.74, 6) is -2.34. The molecule has 2 aliphatic heterocycles. The van der Waals surface area contributed by atoms with Crippen molar-refractivity contribution in [2.24, 2.45) is 5.92 Å². The topological polar surface area (TPSA) is 157 Å². The van der Waals surface area contributed by atoms with E-state index in [4.69, 9.17) is 9.47 Å². The van der Waals surface area contributed by atoms with Crippen molar-refractivity contribution in [2.75, 3.05) is 6.61 Å². The van der Waals surface area contributed by atoms with Gasteiger partial charge in [-0.25, -0.2) is 0 Å². The molecule has 1 fully saturated rings. The molecule has 2 heterocycles. The highest BCUT2D eigenvalue weighted by Gasteiger charge is 2.50. The van der Waals surface area contributed by atoms with Crippen LogP contribution in [0.2, 0.25) is 0 Å². The summed E-state index contributed by atoms with van der Waals surface area (Å²) in [6.07, 6.45) is -7.45. The van der Waals surface area contributed by atoms with Gasteiger partial charge in [0.15, 0.2) is 5.78 Å². The highest BCUT2D eigenvalue weighted by atomic mass is 16.5. The lowest BCUT2D eigenvalue weighted by Gasteiger charge is -2.42. The van der Waals surface area contributed by atoms with Gasteiger partial charge < -0.3 is 40.1 Å². The average Bonchev–Trinajstić information content (AvgIpc) is 2.67. The fourth-order valence-corrected chi connectivity index (χ4v) is 3.89. The summed E-state index contributed by atoms with van der Waals surface area (Å²) in [5.41, 5.74) is -0.0345. The predicted octanol–water partition coefficient (Wildman–Crippen LogP) is -0.644. The maximum atomic E-state index is 12.9. The molecule has 0 aromatic heterocycles. The molecule has 0 bridgehead atoms. The van der Waals surface area contributed by atoms with Crippen molar-refractivity contribution in [1.29, 1.82) is 0 Å². The molecule has 1 aromatic carbocycles. The van der Waals surface area contributed by atoms with E-state index in [0.717, 1.165) is 0 Å². The SMILES string of the molecule is O=C1c2ccccc2O[C@@H]2C=C(O)C([C@@H]3O[C@@H](CO)[C@@H](O)[C@@H](O)[C@H]3O)=C(O)[C@H]12. The number of hydrogen-bond donors (Lipinski definition) is 6. The zero-order chi connectivity index (χ0) is 20.2. The highest BCUT2D eigenvalue weighted by molar-refractivity contribution is 6.03. The Balaban J connectivity index is 1.75. The molecular formula is C19H20O9. The lowest BCUT2D eigenvalue weighted by atomic mass is 9.79. The van der Waals surface area contributed by atoms with Gasteiger partial charge in [-0.1, -0.05) is 12.1 Å². The summed E-state index contributed by atoms with van der Waals surface area (Å²) >= 11 is 0. The molecule has 28 heavy (non-hydrogen) atoms. The van der Waals surface area contributed by atoms with Crippen LogP contribution in [0.1, 0.15) is 10.4 Å². The Morgan fingerprint density at radius 3 is 2.43 bits per heavy atom. The van der Waals surface area contributed by atoms with Crippen molar-refractivity contribution >= 4 is 5.78 Å². The number of fused-ring (bicyclic) bond motifs is 2. The number of carbonyl (C=O) groups is 1. The number of benzene rings is 1. The van der Waals surface area contributed by atoms with Gasteiger partial charge in [-0.2, -0.15) is 0 Å². The lowest BCUT2D eigenvalue weighted by molar-refractivity contribution is -0.220. The Kier molecular flexibility index (Phi) is 4.64. The van der Waals surface area contributed by atoms with Crippen LogP contribution in [0.5, 0.6) is 5.75 Å². The lowest BCUT2D eigenvalue weighted by Crippen LogP contribution is -2.59. The fraction of sp³-hybridized carbons (Fsp3) is 0.421. The fourth-order valence-electron chi connectivity index (χ4n) is 3.89. The van der Waals surface area contributed by atoms with Gasteiger partial charge in [0.1, 0.15) is 59.8 Å². The van der Waals surface area contributed by atoms with Crippen LogP contribution in [0.3, 0.4) is 0 Å². The van der Waals surface area contributed by atoms with Crippen molar-refractivity contribution in [1.82, 2.24) is 0 Å². The van der Waals surface area contributed by atoms with Crippen molar-refractivity contribution in [2.45, 2.75) is 36.6 Å². The minimum Gasteiger partial charge on any atom is -0.511 e. The first kappa shape index (κ1) is 18.9. The van der Waals surface area contributed by atoms with Crippen molar-refractivity contribution in [3.8, 4) is 5.75 Å². The van der Waals surface area contributed by atoms with Gasteiger partial charge in [-0.05, 0) is 18.2 Å². The molecule has 0 unspecified atom stereocenters. The third-order valence-corrected chi connectivity index (χ3v) is 5.37. The molecule has 4 rings (SSSR count). The third-order valence-electron chi connectivity index (χ3n) is 5.37. The summed E-state index contributed by atoms with van der Waals surface area (Å²) in [6, 6.07) is 6.48. The first-order valence-corrected chi connectivity index (χ1v) is 8.79. The molecule has 0 amide bonds. The van der Waals surface area contributed by atoms with Crippen molar-refractivity contribution in [3.05, 3.63) is 53.0 Å². The van der Waals surface area contributed by atoms with Crippen LogP contribution in [-0.4, -0.2) is 79.7 Å². The Labute approximate surface area is 159 Å². The average molecular weight is 392 g/mol. The second-order valence-corrected chi connectivity index (χ2v) is 7.02. The number of aliphatic hydroxyl groups is 6. The maximum absolute atomic E-state index is 12.9. The molecule has 7 atom stereocenters. The zero-order valence-electron chi connectivity index (χ0n) is 14.5. The minimum atomic E-state index is -1.71. The van der Waals surface area contributed by atoms with Crippen LogP contribution in [0.4, 0.5) is 0 Å². The van der Waals surface area contributed by atoms with E-state index in [1.807, 2.05) is 0 Å². The van der Waals surface area contributed by atoms with Crippen molar-refractivity contribution in [3.63, 3.8) is 0 Å². The van der Waals surface area contributed by atoms with Gasteiger partial charge >= 0.3 is 0 Å². The normalized spacial score (nSPS) is 37.6. The van der Waals surface area contributed by atoms with E-state index in [0.29, 0.717) is 5.75 Å². The van der Waals surface area contributed by atoms with Crippen LogP contribution >= 0.6 is 0 Å². The predicted molar refractivity (Wildman–Crippen MR) is 92.8 cm³/mol. The van der Waals surface area contributed by atoms with Crippen LogP contribution in [-0.2, 0) is 4.74 Å². The number of ether oxygens (including phenoxy) is 2. The molecule has 150 valence electrons. The Bertz CT molecular complexity index is 859. The minimum absolute atomic E-state index is 0.262. The van der Waals surface area contributed by atoms with Crippen LogP contribution in [0.25, 0.3) is 0 Å². The molecule has 0 radical (unpaired) electrons. The van der Waals surface area contributed by atoms with E-state index in [1.54, 1.807) is 24.3 Å². The Morgan fingerprint density at radius 1 is 1.00 bits per heavy atom. The summed E-state index contributed by atoms with van der Waals surface area (Å²) < 4.78 is 11.1.